The molecule has 1 fully saturated rings. The lowest BCUT2D eigenvalue weighted by molar-refractivity contribution is -0.121. The number of rotatable bonds is 7. The number of hydrogen-bond donors (Lipinski definition) is 3. The van der Waals surface area contributed by atoms with Gasteiger partial charge in [-0.1, -0.05) is 42.5 Å². The molecule has 0 atom stereocenters. The van der Waals surface area contributed by atoms with Gasteiger partial charge in [0.2, 0.25) is 5.91 Å². The average molecular weight is 445 g/mol. The maximum Gasteiger partial charge on any atom is 0.321 e. The molecule has 1 aliphatic heterocycles. The number of likely N-dealkylation sites (tertiary alicyclic amines) is 1. The second kappa shape index (κ2) is 10.6. The summed E-state index contributed by atoms with van der Waals surface area (Å²) in [6.45, 7) is 2.19. The summed E-state index contributed by atoms with van der Waals surface area (Å²) in [5, 5.41) is 10.6. The highest BCUT2D eigenvalue weighted by Crippen LogP contribution is 2.16. The third-order valence-electron chi connectivity index (χ3n) is 5.71. The van der Waals surface area contributed by atoms with Crippen LogP contribution in [0.2, 0.25) is 0 Å². The van der Waals surface area contributed by atoms with Crippen molar-refractivity contribution < 1.29 is 14.4 Å². The van der Waals surface area contributed by atoms with Gasteiger partial charge in [0.15, 0.2) is 0 Å². The summed E-state index contributed by atoms with van der Waals surface area (Å²) in [7, 11) is 0. The van der Waals surface area contributed by atoms with Crippen molar-refractivity contribution in [3.63, 3.8) is 0 Å². The Hall–Kier alpha value is -3.87. The lowest BCUT2D eigenvalue weighted by atomic mass is 10.1. The maximum atomic E-state index is 12.4. The van der Waals surface area contributed by atoms with Crippen LogP contribution >= 0.6 is 0 Å². The van der Waals surface area contributed by atoms with Crippen LogP contribution in [0.4, 0.5) is 10.5 Å². The zero-order valence-electron chi connectivity index (χ0n) is 18.5. The van der Waals surface area contributed by atoms with Crippen molar-refractivity contribution in [1.29, 1.82) is 0 Å². The van der Waals surface area contributed by atoms with Crippen LogP contribution in [0, 0.1) is 0 Å². The zero-order chi connectivity index (χ0) is 23.0. The molecule has 1 aliphatic rings. The van der Waals surface area contributed by atoms with Crippen molar-refractivity contribution in [2.75, 3.05) is 25.0 Å². The number of urea groups is 1. The van der Waals surface area contributed by atoms with Gasteiger partial charge in [-0.3, -0.25) is 9.59 Å². The fourth-order valence-corrected chi connectivity index (χ4v) is 3.89. The largest absolute Gasteiger partial charge is 0.352 e. The SMILES string of the molecule is O=C(CCNC(=O)c1ccc2ccccc2c1)NCc1cccc(NC(=O)N2CCCC2)c1. The van der Waals surface area contributed by atoms with Crippen LogP contribution in [0.5, 0.6) is 0 Å². The third-order valence-corrected chi connectivity index (χ3v) is 5.71. The van der Waals surface area contributed by atoms with Gasteiger partial charge in [-0.2, -0.15) is 0 Å². The highest BCUT2D eigenvalue weighted by molar-refractivity contribution is 5.98. The number of nitrogens with one attached hydrogen (secondary N) is 3. The molecule has 170 valence electrons. The summed E-state index contributed by atoms with van der Waals surface area (Å²) in [5.41, 5.74) is 2.17. The first-order valence-electron chi connectivity index (χ1n) is 11.3. The van der Waals surface area contributed by atoms with E-state index in [1.54, 1.807) is 11.0 Å². The molecule has 0 aliphatic carbocycles. The fourth-order valence-electron chi connectivity index (χ4n) is 3.89. The van der Waals surface area contributed by atoms with Gasteiger partial charge < -0.3 is 20.9 Å². The van der Waals surface area contributed by atoms with E-state index in [2.05, 4.69) is 16.0 Å². The number of amides is 4. The third kappa shape index (κ3) is 6.10. The van der Waals surface area contributed by atoms with Crippen LogP contribution in [0.25, 0.3) is 10.8 Å². The summed E-state index contributed by atoms with van der Waals surface area (Å²) < 4.78 is 0. The van der Waals surface area contributed by atoms with Gasteiger partial charge in [-0.25, -0.2) is 4.79 Å². The summed E-state index contributed by atoms with van der Waals surface area (Å²) in [6, 6.07) is 20.8. The second-order valence-corrected chi connectivity index (χ2v) is 8.17. The van der Waals surface area contributed by atoms with Crippen LogP contribution < -0.4 is 16.0 Å². The summed E-state index contributed by atoms with van der Waals surface area (Å²) in [6.07, 6.45) is 2.27. The minimum absolute atomic E-state index is 0.0872. The number of anilines is 1. The van der Waals surface area contributed by atoms with Crippen LogP contribution in [0.15, 0.2) is 66.7 Å². The van der Waals surface area contributed by atoms with Crippen molar-refractivity contribution in [2.45, 2.75) is 25.8 Å². The Morgan fingerprint density at radius 3 is 2.42 bits per heavy atom. The summed E-state index contributed by atoms with van der Waals surface area (Å²) in [5.74, 6) is -0.352. The molecule has 33 heavy (non-hydrogen) atoms. The quantitative estimate of drug-likeness (QED) is 0.516. The van der Waals surface area contributed by atoms with Crippen molar-refractivity contribution >= 4 is 34.3 Å². The molecule has 0 radical (unpaired) electrons. The molecule has 7 heteroatoms. The van der Waals surface area contributed by atoms with Crippen molar-refractivity contribution in [3.8, 4) is 0 Å². The normalized spacial score (nSPS) is 13.0. The summed E-state index contributed by atoms with van der Waals surface area (Å²) >= 11 is 0. The van der Waals surface area contributed by atoms with E-state index >= 15 is 0 Å². The molecule has 1 saturated heterocycles. The van der Waals surface area contributed by atoms with E-state index < -0.39 is 0 Å². The Kier molecular flexibility index (Phi) is 7.19. The lowest BCUT2D eigenvalue weighted by Gasteiger charge is -2.16. The number of hydrogen-bond acceptors (Lipinski definition) is 3. The van der Waals surface area contributed by atoms with E-state index in [0.29, 0.717) is 17.8 Å². The highest BCUT2D eigenvalue weighted by atomic mass is 16.2. The first kappa shape index (κ1) is 22.3. The Labute approximate surface area is 193 Å². The molecule has 0 unspecified atom stereocenters. The molecule has 4 amide bonds. The number of carbonyl (C=O) groups excluding carboxylic acids is 3. The van der Waals surface area contributed by atoms with Gasteiger partial charge in [0.1, 0.15) is 0 Å². The van der Waals surface area contributed by atoms with Crippen LogP contribution in [-0.2, 0) is 11.3 Å². The van der Waals surface area contributed by atoms with Crippen LogP contribution in [0.3, 0.4) is 0 Å². The molecule has 0 bridgehead atoms. The van der Waals surface area contributed by atoms with E-state index in [9.17, 15) is 14.4 Å². The first-order chi connectivity index (χ1) is 16.1. The van der Waals surface area contributed by atoms with E-state index in [1.807, 2.05) is 60.7 Å². The minimum atomic E-state index is -0.199. The molecule has 4 rings (SSSR count). The number of benzene rings is 3. The van der Waals surface area contributed by atoms with Crippen molar-refractivity contribution in [1.82, 2.24) is 15.5 Å². The van der Waals surface area contributed by atoms with E-state index in [0.717, 1.165) is 42.3 Å². The fraction of sp³-hybridized carbons (Fsp3) is 0.269. The molecule has 7 nitrogen and oxygen atoms in total. The van der Waals surface area contributed by atoms with Crippen LogP contribution in [0.1, 0.15) is 35.2 Å². The lowest BCUT2D eigenvalue weighted by Crippen LogP contribution is -2.32. The molecule has 0 spiro atoms. The Bertz CT molecular complexity index is 1150. The Balaban J connectivity index is 1.20. The smallest absolute Gasteiger partial charge is 0.321 e. The molecule has 1 heterocycles. The topological polar surface area (TPSA) is 90.5 Å². The standard InChI is InChI=1S/C26H28N4O3/c31-24(12-13-27-25(32)22-11-10-20-7-1-2-8-21(20)17-22)28-18-19-6-5-9-23(16-19)29-26(33)30-14-3-4-15-30/h1-2,5-11,16-17H,3-4,12-15,18H2,(H,27,32)(H,28,31)(H,29,33). The molecule has 0 saturated carbocycles. The number of carbonyl (C=O) groups is 3. The van der Waals surface area contributed by atoms with Gasteiger partial charge in [-0.15, -0.1) is 0 Å². The Morgan fingerprint density at radius 1 is 0.818 bits per heavy atom. The molecular formula is C26H28N4O3. The molecule has 0 aromatic heterocycles. The first-order valence-corrected chi connectivity index (χ1v) is 11.3. The molecule has 3 aromatic carbocycles. The second-order valence-electron chi connectivity index (χ2n) is 8.17. The van der Waals surface area contributed by atoms with E-state index in [1.165, 1.54) is 0 Å². The van der Waals surface area contributed by atoms with E-state index in [-0.39, 0.29) is 30.8 Å². The monoisotopic (exact) mass is 444 g/mol. The van der Waals surface area contributed by atoms with Gasteiger partial charge in [0, 0.05) is 43.9 Å². The molecular weight excluding hydrogens is 416 g/mol. The van der Waals surface area contributed by atoms with Gasteiger partial charge in [0.25, 0.3) is 5.91 Å². The summed E-state index contributed by atoms with van der Waals surface area (Å²) in [4.78, 5) is 38.6. The Morgan fingerprint density at radius 2 is 1.61 bits per heavy atom. The van der Waals surface area contributed by atoms with Crippen LogP contribution in [-0.4, -0.2) is 42.4 Å². The zero-order valence-corrected chi connectivity index (χ0v) is 18.5. The predicted molar refractivity (Wildman–Crippen MR) is 129 cm³/mol. The minimum Gasteiger partial charge on any atom is -0.352 e. The van der Waals surface area contributed by atoms with Gasteiger partial charge in [-0.05, 0) is 53.4 Å². The number of fused-ring (bicyclic) bond motifs is 1. The number of nitrogens with zero attached hydrogens (tertiary/aromatic N) is 1. The maximum absolute atomic E-state index is 12.4. The van der Waals surface area contributed by atoms with Gasteiger partial charge >= 0.3 is 6.03 Å². The predicted octanol–water partition coefficient (Wildman–Crippen LogP) is 3.90. The van der Waals surface area contributed by atoms with E-state index in [4.69, 9.17) is 0 Å². The average Bonchev–Trinajstić information content (AvgIpc) is 3.38. The van der Waals surface area contributed by atoms with Gasteiger partial charge in [0.05, 0.1) is 0 Å². The van der Waals surface area contributed by atoms with Crippen molar-refractivity contribution in [2.24, 2.45) is 0 Å². The highest BCUT2D eigenvalue weighted by Gasteiger charge is 2.17. The van der Waals surface area contributed by atoms with Crippen molar-refractivity contribution in [3.05, 3.63) is 77.9 Å². The molecule has 3 N–H and O–H groups in total. The molecule has 3 aromatic rings.